The van der Waals surface area contributed by atoms with Gasteiger partial charge in [0.15, 0.2) is 0 Å². The smallest absolute Gasteiger partial charge is 0.322 e. The predicted octanol–water partition coefficient (Wildman–Crippen LogP) is 1.40. The zero-order chi connectivity index (χ0) is 22.5. The summed E-state index contributed by atoms with van der Waals surface area (Å²) in [7, 11) is 1.59. The van der Waals surface area contributed by atoms with E-state index in [1.807, 2.05) is 6.92 Å². The standard InChI is InChI=1S/C22H30N4O5/c1-4-31-21(29)17-6-5-10-25(13-17)19(27)14-24(3)20(28)16-7-8-18(15(2)12-16)26-11-9-23-22(26)30/h7-8,12,17H,4-6,9-11,13-14H2,1-3H3,(H,23,30). The van der Waals surface area contributed by atoms with Crippen LogP contribution < -0.4 is 10.2 Å². The number of esters is 1. The second-order valence-electron chi connectivity index (χ2n) is 7.98. The Balaban J connectivity index is 1.61. The average molecular weight is 431 g/mol. The first-order chi connectivity index (χ1) is 14.8. The maximum atomic E-state index is 12.9. The number of urea groups is 1. The van der Waals surface area contributed by atoms with Gasteiger partial charge in [-0.25, -0.2) is 4.79 Å². The fraction of sp³-hybridized carbons (Fsp3) is 0.545. The summed E-state index contributed by atoms with van der Waals surface area (Å²) in [6.07, 6.45) is 1.44. The highest BCUT2D eigenvalue weighted by atomic mass is 16.5. The van der Waals surface area contributed by atoms with Crippen molar-refractivity contribution in [2.24, 2.45) is 5.92 Å². The van der Waals surface area contributed by atoms with Crippen LogP contribution in [0.3, 0.4) is 0 Å². The number of carbonyl (C=O) groups is 4. The molecule has 2 aliphatic heterocycles. The van der Waals surface area contributed by atoms with Crippen LogP contribution in [0, 0.1) is 12.8 Å². The number of likely N-dealkylation sites (tertiary alicyclic amines) is 1. The molecule has 2 heterocycles. The lowest BCUT2D eigenvalue weighted by molar-refractivity contribution is -0.151. The van der Waals surface area contributed by atoms with Crippen molar-refractivity contribution in [1.29, 1.82) is 0 Å². The van der Waals surface area contributed by atoms with Crippen LogP contribution in [0.2, 0.25) is 0 Å². The van der Waals surface area contributed by atoms with E-state index >= 15 is 0 Å². The molecule has 9 nitrogen and oxygen atoms in total. The van der Waals surface area contributed by atoms with Gasteiger partial charge < -0.3 is 19.9 Å². The number of aryl methyl sites for hydroxylation is 1. The normalized spacial score (nSPS) is 18.5. The minimum atomic E-state index is -0.309. The van der Waals surface area contributed by atoms with E-state index < -0.39 is 0 Å². The third kappa shape index (κ3) is 5.15. The third-order valence-corrected chi connectivity index (χ3v) is 5.70. The molecule has 0 aliphatic carbocycles. The highest BCUT2D eigenvalue weighted by Gasteiger charge is 2.30. The molecule has 1 aromatic rings. The van der Waals surface area contributed by atoms with Gasteiger partial charge in [-0.1, -0.05) is 0 Å². The second kappa shape index (κ2) is 9.80. The van der Waals surface area contributed by atoms with E-state index in [1.54, 1.807) is 42.0 Å². The Labute approximate surface area is 182 Å². The molecule has 0 bridgehead atoms. The lowest BCUT2D eigenvalue weighted by Crippen LogP contribution is -2.47. The maximum Gasteiger partial charge on any atom is 0.322 e. The number of likely N-dealkylation sites (N-methyl/N-ethyl adjacent to an activating group) is 1. The van der Waals surface area contributed by atoms with E-state index in [0.29, 0.717) is 44.8 Å². The molecule has 4 amide bonds. The topological polar surface area (TPSA) is 99.3 Å². The van der Waals surface area contributed by atoms with Gasteiger partial charge in [-0.3, -0.25) is 19.3 Å². The number of ether oxygens (including phenoxy) is 1. The highest BCUT2D eigenvalue weighted by Crippen LogP contribution is 2.23. The maximum absolute atomic E-state index is 12.9. The van der Waals surface area contributed by atoms with Crippen LogP contribution in [-0.2, 0) is 14.3 Å². The molecular weight excluding hydrogens is 400 g/mol. The van der Waals surface area contributed by atoms with Crippen molar-refractivity contribution in [2.75, 3.05) is 51.3 Å². The first-order valence-corrected chi connectivity index (χ1v) is 10.7. The summed E-state index contributed by atoms with van der Waals surface area (Å²) in [6, 6.07) is 5.03. The van der Waals surface area contributed by atoms with Gasteiger partial charge in [-0.15, -0.1) is 0 Å². The molecule has 1 aromatic carbocycles. The minimum Gasteiger partial charge on any atom is -0.466 e. The van der Waals surface area contributed by atoms with Crippen molar-refractivity contribution in [3.63, 3.8) is 0 Å². The van der Waals surface area contributed by atoms with E-state index in [0.717, 1.165) is 17.7 Å². The molecule has 0 radical (unpaired) electrons. The van der Waals surface area contributed by atoms with E-state index in [1.165, 1.54) is 4.90 Å². The molecular formula is C22H30N4O5. The number of nitrogens with one attached hydrogen (secondary N) is 1. The zero-order valence-corrected chi connectivity index (χ0v) is 18.3. The van der Waals surface area contributed by atoms with Gasteiger partial charge in [0.1, 0.15) is 0 Å². The number of carbonyl (C=O) groups excluding carboxylic acids is 4. The minimum absolute atomic E-state index is 0.0658. The van der Waals surface area contributed by atoms with Crippen molar-refractivity contribution in [3.8, 4) is 0 Å². The lowest BCUT2D eigenvalue weighted by atomic mass is 9.98. The summed E-state index contributed by atoms with van der Waals surface area (Å²) in [5.41, 5.74) is 2.04. The highest BCUT2D eigenvalue weighted by molar-refractivity contribution is 5.99. The van der Waals surface area contributed by atoms with Crippen molar-refractivity contribution in [3.05, 3.63) is 29.3 Å². The van der Waals surface area contributed by atoms with Crippen LogP contribution in [-0.4, -0.2) is 80.0 Å². The number of hydrogen-bond acceptors (Lipinski definition) is 5. The molecule has 9 heteroatoms. The molecule has 0 spiro atoms. The van der Waals surface area contributed by atoms with Crippen LogP contribution in [0.1, 0.15) is 35.7 Å². The summed E-state index contributed by atoms with van der Waals surface area (Å²) in [5.74, 6) is -1.04. The van der Waals surface area contributed by atoms with Crippen LogP contribution in [0.15, 0.2) is 18.2 Å². The van der Waals surface area contributed by atoms with Crippen molar-refractivity contribution < 1.29 is 23.9 Å². The summed E-state index contributed by atoms with van der Waals surface area (Å²) in [5, 5.41) is 2.76. The van der Waals surface area contributed by atoms with Crippen LogP contribution in [0.4, 0.5) is 10.5 Å². The number of nitrogens with zero attached hydrogens (tertiary/aromatic N) is 3. The van der Waals surface area contributed by atoms with Gasteiger partial charge in [0.25, 0.3) is 5.91 Å². The van der Waals surface area contributed by atoms with Gasteiger partial charge in [0, 0.05) is 44.5 Å². The molecule has 168 valence electrons. The van der Waals surface area contributed by atoms with Gasteiger partial charge in [0.05, 0.1) is 19.1 Å². The first-order valence-electron chi connectivity index (χ1n) is 10.7. The van der Waals surface area contributed by atoms with Gasteiger partial charge in [0.2, 0.25) is 5.91 Å². The SMILES string of the molecule is CCOC(=O)C1CCCN(C(=O)CN(C)C(=O)c2ccc(N3CCNC3=O)c(C)c2)C1. The van der Waals surface area contributed by atoms with Crippen LogP contribution in [0.25, 0.3) is 0 Å². The van der Waals surface area contributed by atoms with E-state index in [-0.39, 0.29) is 36.3 Å². The summed E-state index contributed by atoms with van der Waals surface area (Å²) >= 11 is 0. The Morgan fingerprint density at radius 1 is 1.26 bits per heavy atom. The molecule has 1 unspecified atom stereocenters. The summed E-state index contributed by atoms with van der Waals surface area (Å²) in [6.45, 7) is 5.95. The monoisotopic (exact) mass is 430 g/mol. The number of rotatable bonds is 6. The largest absolute Gasteiger partial charge is 0.466 e. The van der Waals surface area contributed by atoms with Gasteiger partial charge >= 0.3 is 12.0 Å². The Hall–Kier alpha value is -3.10. The molecule has 0 saturated carbocycles. The number of benzene rings is 1. The van der Waals surface area contributed by atoms with Crippen LogP contribution >= 0.6 is 0 Å². The molecule has 1 atom stereocenters. The molecule has 0 aromatic heterocycles. The molecule has 1 N–H and O–H groups in total. The lowest BCUT2D eigenvalue weighted by Gasteiger charge is -2.32. The zero-order valence-electron chi connectivity index (χ0n) is 18.3. The average Bonchev–Trinajstić information content (AvgIpc) is 3.18. The quantitative estimate of drug-likeness (QED) is 0.688. The fourth-order valence-electron chi connectivity index (χ4n) is 4.04. The summed E-state index contributed by atoms with van der Waals surface area (Å²) < 4.78 is 5.08. The third-order valence-electron chi connectivity index (χ3n) is 5.70. The molecule has 2 aliphatic rings. The second-order valence-corrected chi connectivity index (χ2v) is 7.98. The number of amides is 4. The van der Waals surface area contributed by atoms with Crippen molar-refractivity contribution in [1.82, 2.24) is 15.1 Å². The fourth-order valence-corrected chi connectivity index (χ4v) is 4.04. The summed E-state index contributed by atoms with van der Waals surface area (Å²) in [4.78, 5) is 54.1. The predicted molar refractivity (Wildman–Crippen MR) is 115 cm³/mol. The first kappa shape index (κ1) is 22.6. The number of anilines is 1. The van der Waals surface area contributed by atoms with Crippen LogP contribution in [0.5, 0.6) is 0 Å². The Kier molecular flexibility index (Phi) is 7.14. The van der Waals surface area contributed by atoms with E-state index in [4.69, 9.17) is 4.74 Å². The van der Waals surface area contributed by atoms with E-state index in [2.05, 4.69) is 5.32 Å². The molecule has 31 heavy (non-hydrogen) atoms. The molecule has 3 rings (SSSR count). The Morgan fingerprint density at radius 3 is 2.68 bits per heavy atom. The Bertz CT molecular complexity index is 871. The number of piperidine rings is 1. The van der Waals surface area contributed by atoms with Gasteiger partial charge in [-0.2, -0.15) is 0 Å². The van der Waals surface area contributed by atoms with Crippen molar-refractivity contribution in [2.45, 2.75) is 26.7 Å². The molecule has 2 saturated heterocycles. The molecule has 2 fully saturated rings. The van der Waals surface area contributed by atoms with E-state index in [9.17, 15) is 19.2 Å². The number of hydrogen-bond donors (Lipinski definition) is 1. The van der Waals surface area contributed by atoms with Crippen molar-refractivity contribution >= 4 is 29.5 Å². The Morgan fingerprint density at radius 2 is 2.03 bits per heavy atom. The van der Waals surface area contributed by atoms with Gasteiger partial charge in [-0.05, 0) is 50.5 Å².